The van der Waals surface area contributed by atoms with Crippen molar-refractivity contribution in [2.45, 2.75) is 104 Å². The van der Waals surface area contributed by atoms with Gasteiger partial charge in [-0.1, -0.05) is 102 Å². The van der Waals surface area contributed by atoms with E-state index in [0.717, 1.165) is 4.48 Å². The average Bonchev–Trinajstić information content (AvgIpc) is 2.62. The Morgan fingerprint density at radius 2 is 1.04 bits per heavy atom. The van der Waals surface area contributed by atoms with Crippen LogP contribution in [0.25, 0.3) is 0 Å². The van der Waals surface area contributed by atoms with Gasteiger partial charge in [0.15, 0.2) is 0 Å². The van der Waals surface area contributed by atoms with Crippen LogP contribution in [0.4, 0.5) is 5.69 Å². The minimum absolute atomic E-state index is 1.02. The number of hydrogen-bond acceptors (Lipinski definition) is 0. The van der Waals surface area contributed by atoms with Gasteiger partial charge in [0.2, 0.25) is 0 Å². The third kappa shape index (κ3) is 10.4. The highest BCUT2D eigenvalue weighted by Gasteiger charge is 2.19. The van der Waals surface area contributed by atoms with Gasteiger partial charge in [-0.2, -0.15) is 0 Å². The highest BCUT2D eigenvalue weighted by atomic mass is 15.3. The fourth-order valence-corrected chi connectivity index (χ4v) is 4.06. The van der Waals surface area contributed by atoms with E-state index in [2.05, 4.69) is 52.2 Å². The van der Waals surface area contributed by atoms with E-state index in [1.165, 1.54) is 108 Å². The van der Waals surface area contributed by atoms with Gasteiger partial charge in [0.05, 0.1) is 20.6 Å². The molecule has 0 spiro atoms. The summed E-state index contributed by atoms with van der Waals surface area (Å²) in [6, 6.07) is 8.85. The third-order valence-corrected chi connectivity index (χ3v) is 5.84. The van der Waals surface area contributed by atoms with Crippen molar-refractivity contribution in [1.29, 1.82) is 0 Å². The van der Waals surface area contributed by atoms with Crippen LogP contribution in [0.1, 0.15) is 102 Å². The molecule has 1 nitrogen and oxygen atoms in total. The Balaban J connectivity index is 1.94. The first kappa shape index (κ1) is 23.2. The number of aryl methyl sites for hydroxylation is 1. The van der Waals surface area contributed by atoms with Crippen molar-refractivity contribution in [3.8, 4) is 0 Å². The zero-order chi connectivity index (χ0) is 19.1. The summed E-state index contributed by atoms with van der Waals surface area (Å²) < 4.78 is 1.02. The highest BCUT2D eigenvalue weighted by Crippen LogP contribution is 2.24. The van der Waals surface area contributed by atoms with Crippen LogP contribution < -0.4 is 4.48 Å². The summed E-state index contributed by atoms with van der Waals surface area (Å²) in [5.41, 5.74) is 2.89. The van der Waals surface area contributed by atoms with Crippen molar-refractivity contribution in [3.05, 3.63) is 29.8 Å². The number of quaternary nitrogens is 1. The molecular weight excluding hydrogens is 314 g/mol. The van der Waals surface area contributed by atoms with Crippen LogP contribution in [0.5, 0.6) is 0 Å². The summed E-state index contributed by atoms with van der Waals surface area (Å²) in [6.07, 6.45) is 20.1. The van der Waals surface area contributed by atoms with Crippen LogP contribution in [0.2, 0.25) is 0 Å². The number of rotatable bonds is 16. The van der Waals surface area contributed by atoms with Gasteiger partial charge in [-0.05, 0) is 25.8 Å². The summed E-state index contributed by atoms with van der Waals surface area (Å²) in [5, 5.41) is 0. The molecule has 26 heavy (non-hydrogen) atoms. The standard InChI is InChI=1S/C25H46N/c1-5-6-7-8-9-10-11-12-13-14-15-16-17-20-23-26(3,4)25-22-19-18-21-24(25)2/h18-19,21-22H,5-17,20,23H2,1-4H3/q+1. The summed E-state index contributed by atoms with van der Waals surface area (Å²) in [5.74, 6) is 0. The van der Waals surface area contributed by atoms with E-state index in [1.54, 1.807) is 0 Å². The summed E-state index contributed by atoms with van der Waals surface area (Å²) >= 11 is 0. The lowest BCUT2D eigenvalue weighted by Gasteiger charge is -2.30. The molecule has 0 bridgehead atoms. The van der Waals surface area contributed by atoms with Crippen LogP contribution in [0.3, 0.4) is 0 Å². The van der Waals surface area contributed by atoms with E-state index in [1.807, 2.05) is 0 Å². The molecule has 0 aromatic heterocycles. The number of para-hydroxylation sites is 1. The smallest absolute Gasteiger partial charge is 0.135 e. The summed E-state index contributed by atoms with van der Waals surface area (Å²) in [7, 11) is 4.70. The minimum atomic E-state index is 1.02. The van der Waals surface area contributed by atoms with Gasteiger partial charge >= 0.3 is 0 Å². The Morgan fingerprint density at radius 1 is 0.615 bits per heavy atom. The van der Waals surface area contributed by atoms with Crippen molar-refractivity contribution in [1.82, 2.24) is 4.48 Å². The predicted molar refractivity (Wildman–Crippen MR) is 120 cm³/mol. The number of unbranched alkanes of at least 4 members (excludes halogenated alkanes) is 13. The maximum Gasteiger partial charge on any atom is 0.135 e. The SMILES string of the molecule is CCCCCCCCCCCCCCCC[N+](C)(C)c1ccccc1C. The zero-order valence-electron chi connectivity index (χ0n) is 18.4. The molecule has 0 aliphatic rings. The van der Waals surface area contributed by atoms with E-state index < -0.39 is 0 Å². The van der Waals surface area contributed by atoms with Gasteiger partial charge in [-0.3, -0.25) is 4.48 Å². The molecule has 0 heterocycles. The van der Waals surface area contributed by atoms with Crippen molar-refractivity contribution in [2.75, 3.05) is 20.6 Å². The Labute approximate surface area is 164 Å². The maximum absolute atomic E-state index is 2.35. The molecular formula is C25H46N+. The highest BCUT2D eigenvalue weighted by molar-refractivity contribution is 5.48. The molecule has 150 valence electrons. The van der Waals surface area contributed by atoms with Gasteiger partial charge in [0.25, 0.3) is 0 Å². The lowest BCUT2D eigenvalue weighted by atomic mass is 10.0. The summed E-state index contributed by atoms with van der Waals surface area (Å²) in [4.78, 5) is 0. The predicted octanol–water partition coefficient (Wildman–Crippen LogP) is 8.04. The monoisotopic (exact) mass is 360 g/mol. The number of benzene rings is 1. The van der Waals surface area contributed by atoms with Crippen molar-refractivity contribution < 1.29 is 0 Å². The van der Waals surface area contributed by atoms with Crippen LogP contribution in [0.15, 0.2) is 24.3 Å². The van der Waals surface area contributed by atoms with Gasteiger partial charge < -0.3 is 0 Å². The van der Waals surface area contributed by atoms with Crippen LogP contribution in [-0.4, -0.2) is 20.6 Å². The van der Waals surface area contributed by atoms with E-state index in [-0.39, 0.29) is 0 Å². The molecule has 0 saturated carbocycles. The Morgan fingerprint density at radius 3 is 1.50 bits per heavy atom. The maximum atomic E-state index is 2.35. The molecule has 0 saturated heterocycles. The third-order valence-electron chi connectivity index (χ3n) is 5.84. The lowest BCUT2D eigenvalue weighted by Crippen LogP contribution is -2.41. The molecule has 1 aromatic carbocycles. The zero-order valence-corrected chi connectivity index (χ0v) is 18.4. The molecule has 1 rings (SSSR count). The number of nitrogens with zero attached hydrogens (tertiary/aromatic N) is 1. The molecule has 0 unspecified atom stereocenters. The van der Waals surface area contributed by atoms with Crippen LogP contribution >= 0.6 is 0 Å². The van der Waals surface area contributed by atoms with Crippen molar-refractivity contribution >= 4 is 5.69 Å². The van der Waals surface area contributed by atoms with Crippen LogP contribution in [-0.2, 0) is 0 Å². The normalized spacial score (nSPS) is 11.8. The molecule has 0 N–H and O–H groups in total. The molecule has 0 atom stereocenters. The van der Waals surface area contributed by atoms with Gasteiger partial charge in [0, 0.05) is 5.56 Å². The quantitative estimate of drug-likeness (QED) is 0.207. The largest absolute Gasteiger partial charge is 0.296 e. The first-order valence-corrected chi connectivity index (χ1v) is 11.5. The molecule has 0 aliphatic heterocycles. The lowest BCUT2D eigenvalue weighted by molar-refractivity contribution is 0.379. The first-order chi connectivity index (χ1) is 12.6. The Bertz CT molecular complexity index is 449. The van der Waals surface area contributed by atoms with E-state index in [4.69, 9.17) is 0 Å². The van der Waals surface area contributed by atoms with E-state index >= 15 is 0 Å². The Hall–Kier alpha value is -0.820. The van der Waals surface area contributed by atoms with Crippen molar-refractivity contribution in [3.63, 3.8) is 0 Å². The fourth-order valence-electron chi connectivity index (χ4n) is 4.06. The van der Waals surface area contributed by atoms with Gasteiger partial charge in [0.1, 0.15) is 5.69 Å². The van der Waals surface area contributed by atoms with Crippen LogP contribution in [0, 0.1) is 6.92 Å². The second kappa shape index (κ2) is 14.3. The molecule has 1 aromatic rings. The Kier molecular flexibility index (Phi) is 12.7. The topological polar surface area (TPSA) is 0 Å². The molecule has 0 fully saturated rings. The minimum Gasteiger partial charge on any atom is -0.296 e. The first-order valence-electron chi connectivity index (χ1n) is 11.5. The van der Waals surface area contributed by atoms with E-state index in [9.17, 15) is 0 Å². The molecule has 0 aliphatic carbocycles. The molecule has 0 amide bonds. The van der Waals surface area contributed by atoms with Gasteiger partial charge in [-0.25, -0.2) is 0 Å². The van der Waals surface area contributed by atoms with E-state index in [0.29, 0.717) is 0 Å². The fraction of sp³-hybridized carbons (Fsp3) is 0.760. The van der Waals surface area contributed by atoms with Crippen molar-refractivity contribution in [2.24, 2.45) is 0 Å². The average molecular weight is 361 g/mol. The number of hydrogen-bond donors (Lipinski definition) is 0. The molecule has 1 heteroatoms. The van der Waals surface area contributed by atoms with Gasteiger partial charge in [-0.15, -0.1) is 0 Å². The summed E-state index contributed by atoms with van der Waals surface area (Å²) in [6.45, 7) is 5.79. The second-order valence-corrected chi connectivity index (χ2v) is 8.79. The molecule has 0 radical (unpaired) electrons. The second-order valence-electron chi connectivity index (χ2n) is 8.79.